The Kier molecular flexibility index (Phi) is 3.76. The van der Waals surface area contributed by atoms with Crippen molar-refractivity contribution in [3.05, 3.63) is 30.4 Å². The lowest BCUT2D eigenvalue weighted by atomic mass is 10.1. The van der Waals surface area contributed by atoms with Crippen LogP contribution in [0.4, 0.5) is 5.69 Å². The third-order valence-electron chi connectivity index (χ3n) is 3.01. The summed E-state index contributed by atoms with van der Waals surface area (Å²) < 4.78 is 10.9. The third kappa shape index (κ3) is 2.29. The molecular formula is C14H17NO4. The summed E-state index contributed by atoms with van der Waals surface area (Å²) in [6.07, 6.45) is 1.08. The van der Waals surface area contributed by atoms with Crippen molar-refractivity contribution in [1.82, 2.24) is 0 Å². The van der Waals surface area contributed by atoms with Crippen molar-refractivity contribution in [3.8, 4) is 11.5 Å². The van der Waals surface area contributed by atoms with Gasteiger partial charge in [0, 0.05) is 6.54 Å². The van der Waals surface area contributed by atoms with Crippen molar-refractivity contribution in [1.29, 1.82) is 0 Å². The van der Waals surface area contributed by atoms with E-state index < -0.39 is 6.10 Å². The molecule has 0 aliphatic carbocycles. The van der Waals surface area contributed by atoms with Crippen molar-refractivity contribution in [2.24, 2.45) is 0 Å². The lowest BCUT2D eigenvalue weighted by molar-refractivity contribution is -0.125. The highest BCUT2D eigenvalue weighted by Crippen LogP contribution is 2.42. The molecule has 5 heteroatoms. The Morgan fingerprint density at radius 1 is 1.58 bits per heavy atom. The average molecular weight is 263 g/mol. The van der Waals surface area contributed by atoms with E-state index in [-0.39, 0.29) is 12.5 Å². The molecule has 0 saturated heterocycles. The zero-order chi connectivity index (χ0) is 14.0. The maximum Gasteiger partial charge on any atom is 0.268 e. The summed E-state index contributed by atoms with van der Waals surface area (Å²) in [6, 6.07) is 3.43. The summed E-state index contributed by atoms with van der Waals surface area (Å²) in [5.74, 6) is 0.896. The quantitative estimate of drug-likeness (QED) is 0.836. The summed E-state index contributed by atoms with van der Waals surface area (Å²) in [5, 5.41) is 9.27. The van der Waals surface area contributed by atoms with Gasteiger partial charge in [0.1, 0.15) is 0 Å². The van der Waals surface area contributed by atoms with Gasteiger partial charge in [-0.1, -0.05) is 6.08 Å². The van der Waals surface area contributed by atoms with Gasteiger partial charge in [0.2, 0.25) is 0 Å². The van der Waals surface area contributed by atoms with Gasteiger partial charge in [-0.15, -0.1) is 6.58 Å². The van der Waals surface area contributed by atoms with Crippen LogP contribution in [-0.4, -0.2) is 30.8 Å². The zero-order valence-electron chi connectivity index (χ0n) is 11.0. The van der Waals surface area contributed by atoms with E-state index in [1.165, 1.54) is 7.11 Å². The normalized spacial score (nSPS) is 17.7. The van der Waals surface area contributed by atoms with Gasteiger partial charge in [-0.3, -0.25) is 4.79 Å². The molecule has 1 aromatic rings. The second-order valence-electron chi connectivity index (χ2n) is 4.30. The van der Waals surface area contributed by atoms with Gasteiger partial charge < -0.3 is 19.5 Å². The summed E-state index contributed by atoms with van der Waals surface area (Å²) in [5.41, 5.74) is 1.27. The minimum absolute atomic E-state index is 0.130. The predicted molar refractivity (Wildman–Crippen MR) is 71.6 cm³/mol. The van der Waals surface area contributed by atoms with E-state index in [1.54, 1.807) is 30.0 Å². The Morgan fingerprint density at radius 2 is 2.32 bits per heavy atom. The number of nitrogens with zero attached hydrogens (tertiary/aromatic N) is 1. The number of anilines is 1. The molecule has 1 amide bonds. The molecule has 1 aromatic carbocycles. The van der Waals surface area contributed by atoms with Crippen LogP contribution in [0.15, 0.2) is 24.8 Å². The summed E-state index contributed by atoms with van der Waals surface area (Å²) in [4.78, 5) is 13.7. The number of aliphatic hydroxyl groups is 1. The fraction of sp³-hybridized carbons (Fsp3) is 0.357. The first-order valence-electron chi connectivity index (χ1n) is 6.03. The largest absolute Gasteiger partial charge is 0.493 e. The van der Waals surface area contributed by atoms with Gasteiger partial charge in [0.15, 0.2) is 17.6 Å². The van der Waals surface area contributed by atoms with Crippen LogP contribution < -0.4 is 14.4 Å². The first-order chi connectivity index (χ1) is 9.12. The topological polar surface area (TPSA) is 59.0 Å². The van der Waals surface area contributed by atoms with Crippen LogP contribution in [0, 0.1) is 0 Å². The zero-order valence-corrected chi connectivity index (χ0v) is 11.0. The van der Waals surface area contributed by atoms with E-state index in [1.807, 2.05) is 0 Å². The fourth-order valence-corrected chi connectivity index (χ4v) is 2.09. The van der Waals surface area contributed by atoms with Crippen LogP contribution in [0.2, 0.25) is 0 Å². The van der Waals surface area contributed by atoms with Gasteiger partial charge in [-0.2, -0.15) is 0 Å². The smallest absolute Gasteiger partial charge is 0.268 e. The summed E-state index contributed by atoms with van der Waals surface area (Å²) in [7, 11) is 1.53. The lowest BCUT2D eigenvalue weighted by Crippen LogP contribution is -2.44. The van der Waals surface area contributed by atoms with Gasteiger partial charge in [-0.25, -0.2) is 0 Å². The Morgan fingerprint density at radius 3 is 2.89 bits per heavy atom. The molecule has 1 aliphatic heterocycles. The molecule has 1 heterocycles. The number of aliphatic hydroxyl groups excluding tert-OH is 1. The van der Waals surface area contributed by atoms with Crippen molar-refractivity contribution in [2.45, 2.75) is 19.6 Å². The highest BCUT2D eigenvalue weighted by atomic mass is 16.5. The predicted octanol–water partition coefficient (Wildman–Crippen LogP) is 1.49. The molecule has 0 saturated carbocycles. The van der Waals surface area contributed by atoms with E-state index >= 15 is 0 Å². The second-order valence-corrected chi connectivity index (χ2v) is 4.30. The highest BCUT2D eigenvalue weighted by Gasteiger charge is 2.33. The monoisotopic (exact) mass is 263 g/mol. The maximum atomic E-state index is 12.1. The summed E-state index contributed by atoms with van der Waals surface area (Å²) in [6.45, 7) is 5.61. The minimum atomic E-state index is -0.568. The molecule has 5 nitrogen and oxygen atoms in total. The van der Waals surface area contributed by atoms with Crippen LogP contribution in [0.25, 0.3) is 0 Å². The van der Waals surface area contributed by atoms with Gasteiger partial charge in [-0.05, 0) is 24.6 Å². The number of hydrogen-bond donors (Lipinski definition) is 1. The molecular weight excluding hydrogens is 246 g/mol. The number of carbonyl (C=O) groups is 1. The molecule has 19 heavy (non-hydrogen) atoms. The lowest BCUT2D eigenvalue weighted by Gasteiger charge is -2.33. The van der Waals surface area contributed by atoms with Gasteiger partial charge in [0.05, 0.1) is 19.4 Å². The standard InChI is InChI=1S/C14H17NO4/c1-4-5-15-11-6-10(8-16)7-12(18-3)13(11)19-9(2)14(15)17/h4,6-7,9,16H,1,5,8H2,2-3H3. The van der Waals surface area contributed by atoms with Crippen molar-refractivity contribution >= 4 is 11.6 Å². The van der Waals surface area contributed by atoms with E-state index in [0.717, 1.165) is 0 Å². The fourth-order valence-electron chi connectivity index (χ4n) is 2.09. The van der Waals surface area contributed by atoms with E-state index in [4.69, 9.17) is 9.47 Å². The molecule has 1 N–H and O–H groups in total. The Balaban J connectivity index is 2.59. The van der Waals surface area contributed by atoms with Crippen LogP contribution >= 0.6 is 0 Å². The number of carbonyl (C=O) groups excluding carboxylic acids is 1. The number of ether oxygens (including phenoxy) is 2. The average Bonchev–Trinajstić information content (AvgIpc) is 2.43. The van der Waals surface area contributed by atoms with E-state index in [0.29, 0.717) is 29.3 Å². The van der Waals surface area contributed by atoms with Crippen LogP contribution in [-0.2, 0) is 11.4 Å². The molecule has 1 aliphatic rings. The van der Waals surface area contributed by atoms with Crippen LogP contribution in [0.3, 0.4) is 0 Å². The molecule has 0 fully saturated rings. The molecule has 0 radical (unpaired) electrons. The first-order valence-corrected chi connectivity index (χ1v) is 6.03. The van der Waals surface area contributed by atoms with Crippen LogP contribution in [0.1, 0.15) is 12.5 Å². The molecule has 102 valence electrons. The number of rotatable bonds is 4. The van der Waals surface area contributed by atoms with Crippen LogP contribution in [0.5, 0.6) is 11.5 Å². The number of methoxy groups -OCH3 is 1. The van der Waals surface area contributed by atoms with Crippen molar-refractivity contribution < 1.29 is 19.4 Å². The van der Waals surface area contributed by atoms with E-state index in [2.05, 4.69) is 6.58 Å². The second kappa shape index (κ2) is 5.32. The minimum Gasteiger partial charge on any atom is -0.493 e. The molecule has 1 unspecified atom stereocenters. The van der Waals surface area contributed by atoms with Crippen molar-refractivity contribution in [2.75, 3.05) is 18.6 Å². The molecule has 0 spiro atoms. The number of hydrogen-bond acceptors (Lipinski definition) is 4. The molecule has 0 aromatic heterocycles. The molecule has 1 atom stereocenters. The van der Waals surface area contributed by atoms with E-state index in [9.17, 15) is 9.90 Å². The third-order valence-corrected chi connectivity index (χ3v) is 3.01. The highest BCUT2D eigenvalue weighted by molar-refractivity contribution is 6.00. The Labute approximate surface area is 112 Å². The number of benzene rings is 1. The molecule has 0 bridgehead atoms. The SMILES string of the molecule is C=CCN1C(=O)C(C)Oc2c(OC)cc(CO)cc21. The first kappa shape index (κ1) is 13.4. The Bertz CT molecular complexity index is 512. The Hall–Kier alpha value is -2.01. The summed E-state index contributed by atoms with van der Waals surface area (Å²) >= 11 is 0. The van der Waals surface area contributed by atoms with Gasteiger partial charge in [0.25, 0.3) is 5.91 Å². The van der Waals surface area contributed by atoms with Gasteiger partial charge >= 0.3 is 0 Å². The number of fused-ring (bicyclic) bond motifs is 1. The maximum absolute atomic E-state index is 12.1. The molecule has 2 rings (SSSR count). The van der Waals surface area contributed by atoms with Crippen molar-refractivity contribution in [3.63, 3.8) is 0 Å². The number of amides is 1.